The van der Waals surface area contributed by atoms with Crippen molar-refractivity contribution in [3.05, 3.63) is 0 Å². The van der Waals surface area contributed by atoms with Gasteiger partial charge in [-0.05, 0) is 0 Å². The van der Waals surface area contributed by atoms with E-state index in [-0.39, 0.29) is 26.4 Å². The summed E-state index contributed by atoms with van der Waals surface area (Å²) in [4.78, 5) is 0. The van der Waals surface area contributed by atoms with Crippen molar-refractivity contribution in [2.75, 3.05) is 26.4 Å². The Bertz CT molecular complexity index is 113. The van der Waals surface area contributed by atoms with Crippen LogP contribution in [0.15, 0.2) is 0 Å². The largest absolute Gasteiger partial charge is 0.394 e. The Morgan fingerprint density at radius 3 is 1.50 bits per heavy atom. The van der Waals surface area contributed by atoms with E-state index in [2.05, 4.69) is 0 Å². The van der Waals surface area contributed by atoms with Gasteiger partial charge in [0.25, 0.3) is 0 Å². The normalized spacial score (nSPS) is 15.4. The highest BCUT2D eigenvalue weighted by Crippen LogP contribution is 2.23. The second kappa shape index (κ2) is 9.99. The molecule has 0 aromatic rings. The van der Waals surface area contributed by atoms with Gasteiger partial charge in [-0.1, -0.05) is 0 Å². The topological polar surface area (TPSA) is 99.4 Å². The highest BCUT2D eigenvalue weighted by molar-refractivity contribution is 8.73. The first-order valence-electron chi connectivity index (χ1n) is 3.86. The Morgan fingerprint density at radius 2 is 1.21 bits per heavy atom. The second-order valence-electron chi connectivity index (χ2n) is 2.38. The van der Waals surface area contributed by atoms with Gasteiger partial charge in [-0.15, -0.1) is 0 Å². The minimum absolute atomic E-state index is 0.0000796. The molecule has 0 fully saturated rings. The van der Waals surface area contributed by atoms with Gasteiger partial charge in [-0.3, -0.25) is 0 Å². The van der Waals surface area contributed by atoms with E-state index in [0.29, 0.717) is 0 Å². The van der Waals surface area contributed by atoms with E-state index in [0.717, 1.165) is 22.1 Å². The molecule has 0 rings (SSSR count). The molecular weight excluding hydrogens is 232 g/mol. The predicted molar refractivity (Wildman–Crippen MR) is 53.3 cm³/mol. The lowest BCUT2D eigenvalue weighted by atomic mass is 10.4. The summed E-state index contributed by atoms with van der Waals surface area (Å²) in [5, 5.41) is 34.5. The van der Waals surface area contributed by atoms with Crippen LogP contribution in [0.2, 0.25) is 0 Å². The zero-order chi connectivity index (χ0) is 10.8. The molecule has 0 bridgehead atoms. The molecule has 0 saturated heterocycles. The summed E-state index contributed by atoms with van der Waals surface area (Å²) in [5.74, 6) is 0. The maximum atomic E-state index is 8.83. The molecule has 0 saturated carbocycles. The van der Waals surface area contributed by atoms with Crippen molar-refractivity contribution in [3.63, 3.8) is 0 Å². The number of aliphatic hydroxyl groups excluding tert-OH is 4. The lowest BCUT2D eigenvalue weighted by Gasteiger charge is -2.07. The quantitative estimate of drug-likeness (QED) is 0.232. The minimum Gasteiger partial charge on any atom is -0.394 e. The lowest BCUT2D eigenvalue weighted by Crippen LogP contribution is -2.18. The summed E-state index contributed by atoms with van der Waals surface area (Å²) < 4.78 is 9.60. The molecule has 0 aromatic heterocycles. The van der Waals surface area contributed by atoms with Gasteiger partial charge in [0.15, 0.2) is 0 Å². The fraction of sp³-hybridized carbons (Fsp3) is 1.00. The van der Waals surface area contributed by atoms with Crippen LogP contribution in [0.3, 0.4) is 0 Å². The van der Waals surface area contributed by atoms with Crippen molar-refractivity contribution in [1.82, 2.24) is 0 Å². The molecule has 0 heterocycles. The van der Waals surface area contributed by atoms with Gasteiger partial charge in [-0.25, -0.2) is 0 Å². The van der Waals surface area contributed by atoms with Crippen LogP contribution < -0.4 is 0 Å². The maximum absolute atomic E-state index is 8.83. The van der Waals surface area contributed by atoms with Crippen LogP contribution in [0.5, 0.6) is 0 Å². The maximum Gasteiger partial charge on any atom is 0.102 e. The first kappa shape index (κ1) is 14.5. The van der Waals surface area contributed by atoms with Crippen LogP contribution in [0.4, 0.5) is 0 Å². The molecule has 4 N–H and O–H groups in total. The Kier molecular flexibility index (Phi) is 10.3. The fourth-order valence-corrected chi connectivity index (χ4v) is 1.43. The number of hydrogen-bond donors (Lipinski definition) is 4. The van der Waals surface area contributed by atoms with Gasteiger partial charge in [0.1, 0.15) is 12.2 Å². The van der Waals surface area contributed by atoms with Crippen molar-refractivity contribution in [3.8, 4) is 0 Å². The molecule has 0 radical (unpaired) electrons. The third kappa shape index (κ3) is 9.03. The molecule has 6 nitrogen and oxygen atoms in total. The summed E-state index contributed by atoms with van der Waals surface area (Å²) in [6, 6.07) is 0. The molecule has 0 spiro atoms. The number of hydrogen-bond acceptors (Lipinski definition) is 8. The van der Waals surface area contributed by atoms with Crippen LogP contribution >= 0.6 is 22.1 Å². The monoisotopic (exact) mass is 246 g/mol. The molecule has 0 amide bonds. The standard InChI is InChI=1S/C6H14O6S2/c7-1-5(9)3-11-13-14-12-4-6(10)2-8/h5-10H,1-4H2. The summed E-state index contributed by atoms with van der Waals surface area (Å²) in [7, 11) is 0. The van der Waals surface area contributed by atoms with E-state index in [4.69, 9.17) is 28.8 Å². The highest BCUT2D eigenvalue weighted by Gasteiger charge is 2.04. The summed E-state index contributed by atoms with van der Waals surface area (Å²) in [6.45, 7) is -0.704. The van der Waals surface area contributed by atoms with Crippen LogP contribution in [0.25, 0.3) is 0 Å². The van der Waals surface area contributed by atoms with Gasteiger partial charge in [0.05, 0.1) is 48.6 Å². The predicted octanol–water partition coefficient (Wildman–Crippen LogP) is -1.06. The molecule has 0 aliphatic heterocycles. The summed E-state index contributed by atoms with van der Waals surface area (Å²) in [5.41, 5.74) is 0. The zero-order valence-corrected chi connectivity index (χ0v) is 9.04. The van der Waals surface area contributed by atoms with E-state index in [1.54, 1.807) is 0 Å². The van der Waals surface area contributed by atoms with Gasteiger partial charge in [-0.2, -0.15) is 0 Å². The van der Waals surface area contributed by atoms with E-state index >= 15 is 0 Å². The Balaban J connectivity index is 3.06. The number of aliphatic hydroxyl groups is 4. The van der Waals surface area contributed by atoms with Crippen molar-refractivity contribution < 1.29 is 28.8 Å². The Hall–Kier alpha value is 0.460. The lowest BCUT2D eigenvalue weighted by molar-refractivity contribution is 0.0590. The van der Waals surface area contributed by atoms with E-state index < -0.39 is 12.2 Å². The molecule has 0 aromatic carbocycles. The van der Waals surface area contributed by atoms with E-state index in [1.165, 1.54) is 0 Å². The van der Waals surface area contributed by atoms with Crippen molar-refractivity contribution in [2.45, 2.75) is 12.2 Å². The number of rotatable bonds is 9. The van der Waals surface area contributed by atoms with Crippen LogP contribution in [0, 0.1) is 0 Å². The van der Waals surface area contributed by atoms with Crippen LogP contribution in [-0.4, -0.2) is 59.1 Å². The van der Waals surface area contributed by atoms with Gasteiger partial charge < -0.3 is 28.8 Å². The van der Waals surface area contributed by atoms with Crippen LogP contribution in [-0.2, 0) is 8.37 Å². The molecular formula is C6H14O6S2. The van der Waals surface area contributed by atoms with E-state index in [1.807, 2.05) is 0 Å². The molecule has 2 atom stereocenters. The molecule has 0 aliphatic carbocycles. The van der Waals surface area contributed by atoms with E-state index in [9.17, 15) is 0 Å². The Morgan fingerprint density at radius 1 is 0.857 bits per heavy atom. The third-order valence-corrected chi connectivity index (χ3v) is 2.33. The van der Waals surface area contributed by atoms with Gasteiger partial charge in [0, 0.05) is 0 Å². The second-order valence-corrected chi connectivity index (χ2v) is 3.94. The summed E-state index contributed by atoms with van der Waals surface area (Å²) >= 11 is 1.76. The van der Waals surface area contributed by atoms with Gasteiger partial charge >= 0.3 is 0 Å². The zero-order valence-electron chi connectivity index (χ0n) is 7.40. The Labute approximate surface area is 90.0 Å². The smallest absolute Gasteiger partial charge is 0.102 e. The SMILES string of the molecule is OCC(O)COSSOCC(O)CO. The summed E-state index contributed by atoms with van der Waals surface area (Å²) in [6.07, 6.45) is -1.79. The minimum atomic E-state index is -0.897. The van der Waals surface area contributed by atoms with Crippen LogP contribution in [0.1, 0.15) is 0 Å². The average molecular weight is 246 g/mol. The average Bonchev–Trinajstić information content (AvgIpc) is 2.22. The molecule has 2 unspecified atom stereocenters. The first-order chi connectivity index (χ1) is 6.70. The van der Waals surface area contributed by atoms with Crippen molar-refractivity contribution in [2.24, 2.45) is 0 Å². The molecule has 14 heavy (non-hydrogen) atoms. The molecule has 8 heteroatoms. The van der Waals surface area contributed by atoms with Crippen molar-refractivity contribution >= 4 is 22.1 Å². The van der Waals surface area contributed by atoms with Crippen molar-refractivity contribution in [1.29, 1.82) is 0 Å². The highest BCUT2D eigenvalue weighted by atomic mass is 33.1. The molecule has 0 aliphatic rings. The molecule has 86 valence electrons. The van der Waals surface area contributed by atoms with Gasteiger partial charge in [0.2, 0.25) is 0 Å². The first-order valence-corrected chi connectivity index (χ1v) is 5.86. The fourth-order valence-electron chi connectivity index (χ4n) is 0.357. The third-order valence-electron chi connectivity index (χ3n) is 1.07.